The van der Waals surface area contributed by atoms with Gasteiger partial charge in [-0.3, -0.25) is 4.79 Å². The molecule has 104 valence electrons. The van der Waals surface area contributed by atoms with E-state index in [1.54, 1.807) is 24.3 Å². The molecule has 0 unspecified atom stereocenters. The molecule has 19 heavy (non-hydrogen) atoms. The van der Waals surface area contributed by atoms with Crippen molar-refractivity contribution in [2.24, 2.45) is 0 Å². The standard InChI is InChI=1S/C14H19NO3S/c1-11-5-7-12(8-6-11)19(17,18)14(13(16)15-2)9-3-4-10-14/h5-8H,3-4,9-10H2,1-2H3,(H,15,16). The first-order valence-corrected chi connectivity index (χ1v) is 7.96. The molecule has 1 aromatic carbocycles. The minimum absolute atomic E-state index is 0.239. The van der Waals surface area contributed by atoms with Gasteiger partial charge in [-0.1, -0.05) is 30.5 Å². The van der Waals surface area contributed by atoms with E-state index >= 15 is 0 Å². The molecule has 0 radical (unpaired) electrons. The molecule has 5 heteroatoms. The van der Waals surface area contributed by atoms with Crippen LogP contribution < -0.4 is 5.32 Å². The van der Waals surface area contributed by atoms with E-state index in [1.165, 1.54) is 7.05 Å². The van der Waals surface area contributed by atoms with Gasteiger partial charge in [0.1, 0.15) is 0 Å². The lowest BCUT2D eigenvalue weighted by molar-refractivity contribution is -0.123. The summed E-state index contributed by atoms with van der Waals surface area (Å²) in [5, 5.41) is 2.52. The quantitative estimate of drug-likeness (QED) is 0.919. The van der Waals surface area contributed by atoms with Gasteiger partial charge in [0.25, 0.3) is 0 Å². The number of carbonyl (C=O) groups excluding carboxylic acids is 1. The van der Waals surface area contributed by atoms with Crippen molar-refractivity contribution in [1.82, 2.24) is 5.32 Å². The van der Waals surface area contributed by atoms with Gasteiger partial charge < -0.3 is 5.32 Å². The maximum absolute atomic E-state index is 12.8. The van der Waals surface area contributed by atoms with Crippen LogP contribution in [-0.2, 0) is 14.6 Å². The van der Waals surface area contributed by atoms with Gasteiger partial charge in [0, 0.05) is 7.05 Å². The third kappa shape index (κ3) is 2.16. The molecule has 1 aromatic rings. The maximum atomic E-state index is 12.8. The van der Waals surface area contributed by atoms with Gasteiger partial charge in [-0.15, -0.1) is 0 Å². The molecular weight excluding hydrogens is 262 g/mol. The molecule has 0 aliphatic heterocycles. The highest BCUT2D eigenvalue weighted by molar-refractivity contribution is 7.93. The Morgan fingerprint density at radius 2 is 1.68 bits per heavy atom. The minimum atomic E-state index is -3.64. The van der Waals surface area contributed by atoms with Crippen LogP contribution in [0.1, 0.15) is 31.2 Å². The normalized spacial score (nSPS) is 18.2. The van der Waals surface area contributed by atoms with E-state index in [0.29, 0.717) is 12.8 Å². The van der Waals surface area contributed by atoms with Gasteiger partial charge in [0.2, 0.25) is 5.91 Å². The van der Waals surface area contributed by atoms with Crippen LogP contribution >= 0.6 is 0 Å². The number of rotatable bonds is 3. The van der Waals surface area contributed by atoms with E-state index in [1.807, 2.05) is 6.92 Å². The minimum Gasteiger partial charge on any atom is -0.358 e. The molecule has 1 saturated carbocycles. The van der Waals surface area contributed by atoms with E-state index in [2.05, 4.69) is 5.32 Å². The molecule has 1 aliphatic rings. The van der Waals surface area contributed by atoms with Gasteiger partial charge in [0.15, 0.2) is 14.6 Å². The van der Waals surface area contributed by atoms with Crippen molar-refractivity contribution in [2.75, 3.05) is 7.05 Å². The molecule has 0 aromatic heterocycles. The summed E-state index contributed by atoms with van der Waals surface area (Å²) in [7, 11) is -2.15. The molecule has 1 aliphatic carbocycles. The zero-order chi connectivity index (χ0) is 14.1. The van der Waals surface area contributed by atoms with Gasteiger partial charge in [-0.05, 0) is 31.9 Å². The summed E-state index contributed by atoms with van der Waals surface area (Å²) in [6.07, 6.45) is 2.36. The van der Waals surface area contributed by atoms with Crippen molar-refractivity contribution >= 4 is 15.7 Å². The molecule has 2 rings (SSSR count). The van der Waals surface area contributed by atoms with E-state index in [-0.39, 0.29) is 10.8 Å². The Kier molecular flexibility index (Phi) is 3.67. The number of amides is 1. The Morgan fingerprint density at radius 3 is 2.16 bits per heavy atom. The molecule has 4 nitrogen and oxygen atoms in total. The van der Waals surface area contributed by atoms with E-state index in [9.17, 15) is 13.2 Å². The lowest BCUT2D eigenvalue weighted by Gasteiger charge is -2.26. The van der Waals surface area contributed by atoms with E-state index in [4.69, 9.17) is 0 Å². The van der Waals surface area contributed by atoms with Crippen LogP contribution in [-0.4, -0.2) is 26.1 Å². The summed E-state index contributed by atoms with van der Waals surface area (Å²) in [5.74, 6) is -0.384. The van der Waals surface area contributed by atoms with Crippen LogP contribution in [0.15, 0.2) is 29.2 Å². The van der Waals surface area contributed by atoms with Crippen molar-refractivity contribution in [1.29, 1.82) is 0 Å². The third-order valence-electron chi connectivity index (χ3n) is 3.90. The van der Waals surface area contributed by atoms with E-state index in [0.717, 1.165) is 18.4 Å². The monoisotopic (exact) mass is 281 g/mol. The summed E-state index contributed by atoms with van der Waals surface area (Å²) in [5.41, 5.74) is 0.999. The number of hydrogen-bond acceptors (Lipinski definition) is 3. The molecule has 1 fully saturated rings. The van der Waals surface area contributed by atoms with Gasteiger partial charge >= 0.3 is 0 Å². The molecule has 0 spiro atoms. The Morgan fingerprint density at radius 1 is 1.16 bits per heavy atom. The number of aryl methyl sites for hydroxylation is 1. The fourth-order valence-electron chi connectivity index (χ4n) is 2.73. The average molecular weight is 281 g/mol. The van der Waals surface area contributed by atoms with Crippen molar-refractivity contribution in [3.05, 3.63) is 29.8 Å². The van der Waals surface area contributed by atoms with Gasteiger partial charge in [0.05, 0.1) is 4.90 Å². The Labute approximate surface area is 114 Å². The van der Waals surface area contributed by atoms with Gasteiger partial charge in [-0.2, -0.15) is 0 Å². The Balaban J connectivity index is 2.52. The van der Waals surface area contributed by atoms with Crippen molar-refractivity contribution in [3.8, 4) is 0 Å². The highest BCUT2D eigenvalue weighted by Crippen LogP contribution is 2.40. The maximum Gasteiger partial charge on any atom is 0.241 e. The van der Waals surface area contributed by atoms with Crippen LogP contribution in [0.4, 0.5) is 0 Å². The Hall–Kier alpha value is -1.36. The molecule has 1 N–H and O–H groups in total. The van der Waals surface area contributed by atoms with Crippen LogP contribution in [0, 0.1) is 6.92 Å². The fourth-order valence-corrected chi connectivity index (χ4v) is 4.85. The smallest absolute Gasteiger partial charge is 0.241 e. The summed E-state index contributed by atoms with van der Waals surface area (Å²) >= 11 is 0. The van der Waals surface area contributed by atoms with Crippen LogP contribution in [0.3, 0.4) is 0 Å². The summed E-state index contributed by atoms with van der Waals surface area (Å²) in [6, 6.07) is 6.71. The van der Waals surface area contributed by atoms with Crippen molar-refractivity contribution in [3.63, 3.8) is 0 Å². The van der Waals surface area contributed by atoms with Gasteiger partial charge in [-0.25, -0.2) is 8.42 Å². The number of sulfone groups is 1. The third-order valence-corrected chi connectivity index (χ3v) is 6.41. The van der Waals surface area contributed by atoms with Crippen LogP contribution in [0.25, 0.3) is 0 Å². The number of carbonyl (C=O) groups is 1. The first kappa shape index (κ1) is 14.1. The lowest BCUT2D eigenvalue weighted by atomic mass is 10.1. The second kappa shape index (κ2) is 4.96. The second-order valence-corrected chi connectivity index (χ2v) is 7.36. The molecule has 0 atom stereocenters. The molecular formula is C14H19NO3S. The summed E-state index contributed by atoms with van der Waals surface area (Å²) in [6.45, 7) is 1.90. The zero-order valence-electron chi connectivity index (χ0n) is 11.3. The molecule has 0 saturated heterocycles. The summed E-state index contributed by atoms with van der Waals surface area (Å²) < 4.78 is 24.3. The predicted molar refractivity (Wildman–Crippen MR) is 73.6 cm³/mol. The number of benzene rings is 1. The Bertz CT molecular complexity index is 569. The molecule has 0 bridgehead atoms. The SMILES string of the molecule is CNC(=O)C1(S(=O)(=O)c2ccc(C)cc2)CCCC1. The predicted octanol–water partition coefficient (Wildman–Crippen LogP) is 1.83. The van der Waals surface area contributed by atoms with Crippen LogP contribution in [0.5, 0.6) is 0 Å². The molecule has 0 heterocycles. The number of hydrogen-bond donors (Lipinski definition) is 1. The van der Waals surface area contributed by atoms with E-state index < -0.39 is 14.6 Å². The topological polar surface area (TPSA) is 63.2 Å². The van der Waals surface area contributed by atoms with Crippen LogP contribution in [0.2, 0.25) is 0 Å². The zero-order valence-corrected chi connectivity index (χ0v) is 12.1. The highest BCUT2D eigenvalue weighted by Gasteiger charge is 2.52. The highest BCUT2D eigenvalue weighted by atomic mass is 32.2. The largest absolute Gasteiger partial charge is 0.358 e. The average Bonchev–Trinajstić information content (AvgIpc) is 2.89. The number of nitrogens with one attached hydrogen (secondary N) is 1. The fraction of sp³-hybridized carbons (Fsp3) is 0.500. The second-order valence-electron chi connectivity index (χ2n) is 5.10. The van der Waals surface area contributed by atoms with Crippen molar-refractivity contribution < 1.29 is 13.2 Å². The summed E-state index contributed by atoms with van der Waals surface area (Å²) in [4.78, 5) is 12.4. The van der Waals surface area contributed by atoms with Crippen molar-refractivity contribution in [2.45, 2.75) is 42.2 Å². The first-order chi connectivity index (χ1) is 8.94. The first-order valence-electron chi connectivity index (χ1n) is 6.47. The molecule has 1 amide bonds. The lowest BCUT2D eigenvalue weighted by Crippen LogP contribution is -2.49.